The summed E-state index contributed by atoms with van der Waals surface area (Å²) >= 11 is 0. The molecule has 0 spiro atoms. The number of nitrogens with one attached hydrogen (secondary N) is 1. The summed E-state index contributed by atoms with van der Waals surface area (Å²) in [5, 5.41) is 3.38. The quantitative estimate of drug-likeness (QED) is 0.751. The average molecular weight is 270 g/mol. The summed E-state index contributed by atoms with van der Waals surface area (Å²) in [5.74, 6) is -0.162. The largest absolute Gasteiger partial charge is 0.468 e. The summed E-state index contributed by atoms with van der Waals surface area (Å²) in [6.45, 7) is 10.6. The van der Waals surface area contributed by atoms with Crippen molar-refractivity contribution < 1.29 is 9.53 Å². The van der Waals surface area contributed by atoms with Crippen molar-refractivity contribution in [2.45, 2.75) is 71.0 Å². The molecule has 1 saturated heterocycles. The molecular weight excluding hydrogens is 240 g/mol. The van der Waals surface area contributed by atoms with Gasteiger partial charge in [-0.25, -0.2) is 0 Å². The molecule has 1 rings (SSSR count). The highest BCUT2D eigenvalue weighted by Crippen LogP contribution is 2.21. The van der Waals surface area contributed by atoms with Gasteiger partial charge in [-0.15, -0.1) is 0 Å². The minimum Gasteiger partial charge on any atom is -0.468 e. The van der Waals surface area contributed by atoms with Gasteiger partial charge < -0.3 is 9.64 Å². The lowest BCUT2D eigenvalue weighted by Crippen LogP contribution is -2.56. The number of carbonyl (C=O) groups excluding carboxylic acids is 1. The smallest absolute Gasteiger partial charge is 0.325 e. The van der Waals surface area contributed by atoms with E-state index in [2.05, 4.69) is 31.0 Å². The van der Waals surface area contributed by atoms with Crippen molar-refractivity contribution in [3.8, 4) is 0 Å². The van der Waals surface area contributed by atoms with E-state index in [4.69, 9.17) is 4.74 Å². The van der Waals surface area contributed by atoms with Crippen LogP contribution in [0.25, 0.3) is 0 Å². The number of carbonyl (C=O) groups is 1. The number of hydrogen-bond donors (Lipinski definition) is 1. The monoisotopic (exact) mass is 270 g/mol. The number of ether oxygens (including phenoxy) is 1. The lowest BCUT2D eigenvalue weighted by molar-refractivity contribution is -0.149. The van der Waals surface area contributed by atoms with E-state index in [1.165, 1.54) is 26.4 Å². The van der Waals surface area contributed by atoms with Crippen LogP contribution < -0.4 is 5.32 Å². The SMILES string of the molecule is COC(=O)C(C)(CC(C)N1CCCCC1)NC(C)C. The Morgan fingerprint density at radius 2 is 1.84 bits per heavy atom. The van der Waals surface area contributed by atoms with Gasteiger partial charge in [0.05, 0.1) is 7.11 Å². The third-order valence-electron chi connectivity index (χ3n) is 3.96. The van der Waals surface area contributed by atoms with Crippen molar-refractivity contribution in [2.75, 3.05) is 20.2 Å². The van der Waals surface area contributed by atoms with E-state index in [-0.39, 0.29) is 12.0 Å². The summed E-state index contributed by atoms with van der Waals surface area (Å²) in [6, 6.07) is 0.660. The molecule has 2 unspecified atom stereocenters. The molecule has 0 aromatic heterocycles. The standard InChI is InChI=1S/C15H30N2O2/c1-12(2)16-15(4,14(18)19-5)11-13(3)17-9-7-6-8-10-17/h12-13,16H,6-11H2,1-5H3. The maximum Gasteiger partial charge on any atom is 0.325 e. The van der Waals surface area contributed by atoms with Crippen LogP contribution in [0.1, 0.15) is 53.4 Å². The molecule has 1 aliphatic heterocycles. The van der Waals surface area contributed by atoms with Crippen LogP contribution in [0.3, 0.4) is 0 Å². The molecule has 0 aliphatic carbocycles. The molecule has 1 fully saturated rings. The average Bonchev–Trinajstić information content (AvgIpc) is 2.37. The van der Waals surface area contributed by atoms with Gasteiger partial charge in [0.15, 0.2) is 0 Å². The normalized spacial score (nSPS) is 22.0. The molecule has 0 amide bonds. The maximum atomic E-state index is 12.1. The van der Waals surface area contributed by atoms with E-state index in [1.807, 2.05) is 6.92 Å². The molecular formula is C15H30N2O2. The van der Waals surface area contributed by atoms with Gasteiger partial charge in [0.1, 0.15) is 5.54 Å². The number of likely N-dealkylation sites (tertiary alicyclic amines) is 1. The highest BCUT2D eigenvalue weighted by Gasteiger charge is 2.37. The molecule has 4 nitrogen and oxygen atoms in total. The summed E-state index contributed by atoms with van der Waals surface area (Å²) < 4.78 is 4.98. The lowest BCUT2D eigenvalue weighted by Gasteiger charge is -2.38. The Kier molecular flexibility index (Phi) is 6.27. The third-order valence-corrected chi connectivity index (χ3v) is 3.96. The van der Waals surface area contributed by atoms with Gasteiger partial charge in [-0.3, -0.25) is 10.1 Å². The van der Waals surface area contributed by atoms with Crippen molar-refractivity contribution in [1.29, 1.82) is 0 Å². The summed E-state index contributed by atoms with van der Waals surface area (Å²) in [7, 11) is 1.47. The first-order valence-corrected chi connectivity index (χ1v) is 7.49. The zero-order chi connectivity index (χ0) is 14.5. The van der Waals surface area contributed by atoms with E-state index < -0.39 is 5.54 Å². The summed E-state index contributed by atoms with van der Waals surface area (Å²) in [4.78, 5) is 14.6. The van der Waals surface area contributed by atoms with Gasteiger partial charge >= 0.3 is 5.97 Å². The van der Waals surface area contributed by atoms with Gasteiger partial charge in [0, 0.05) is 12.1 Å². The first-order valence-electron chi connectivity index (χ1n) is 7.49. The highest BCUT2D eigenvalue weighted by molar-refractivity contribution is 5.80. The molecule has 19 heavy (non-hydrogen) atoms. The summed E-state index contributed by atoms with van der Waals surface area (Å²) in [6.07, 6.45) is 4.67. The van der Waals surface area contributed by atoms with Crippen LogP contribution in [-0.2, 0) is 9.53 Å². The van der Waals surface area contributed by atoms with Crippen molar-refractivity contribution in [3.05, 3.63) is 0 Å². The van der Waals surface area contributed by atoms with Crippen LogP contribution >= 0.6 is 0 Å². The highest BCUT2D eigenvalue weighted by atomic mass is 16.5. The Labute approximate surface area is 117 Å². The molecule has 0 aromatic rings. The van der Waals surface area contributed by atoms with Crippen LogP contribution in [0.4, 0.5) is 0 Å². The number of piperidine rings is 1. The van der Waals surface area contributed by atoms with E-state index in [0.717, 1.165) is 19.5 Å². The predicted molar refractivity (Wildman–Crippen MR) is 78.2 cm³/mol. The van der Waals surface area contributed by atoms with Crippen LogP contribution in [0.2, 0.25) is 0 Å². The Morgan fingerprint density at radius 3 is 2.32 bits per heavy atom. The van der Waals surface area contributed by atoms with Crippen molar-refractivity contribution in [2.24, 2.45) is 0 Å². The molecule has 2 atom stereocenters. The molecule has 112 valence electrons. The second kappa shape index (κ2) is 7.25. The van der Waals surface area contributed by atoms with Gasteiger partial charge in [-0.2, -0.15) is 0 Å². The van der Waals surface area contributed by atoms with Crippen molar-refractivity contribution in [3.63, 3.8) is 0 Å². The first kappa shape index (κ1) is 16.4. The van der Waals surface area contributed by atoms with Crippen LogP contribution in [0, 0.1) is 0 Å². The second-order valence-electron chi connectivity index (χ2n) is 6.27. The number of rotatable bonds is 6. The maximum absolute atomic E-state index is 12.1. The van der Waals surface area contributed by atoms with Crippen LogP contribution in [0.5, 0.6) is 0 Å². The Bertz CT molecular complexity index is 288. The minimum atomic E-state index is -0.597. The van der Waals surface area contributed by atoms with E-state index in [0.29, 0.717) is 6.04 Å². The minimum absolute atomic E-state index is 0.162. The Hall–Kier alpha value is -0.610. The molecule has 0 bridgehead atoms. The zero-order valence-electron chi connectivity index (χ0n) is 13.2. The van der Waals surface area contributed by atoms with Gasteiger partial charge in [0.2, 0.25) is 0 Å². The molecule has 0 aromatic carbocycles. The third kappa shape index (κ3) is 4.77. The molecule has 0 radical (unpaired) electrons. The van der Waals surface area contributed by atoms with Crippen LogP contribution in [0.15, 0.2) is 0 Å². The van der Waals surface area contributed by atoms with E-state index in [1.54, 1.807) is 0 Å². The zero-order valence-corrected chi connectivity index (χ0v) is 13.2. The summed E-state index contributed by atoms with van der Waals surface area (Å²) in [5.41, 5.74) is -0.597. The van der Waals surface area contributed by atoms with Crippen molar-refractivity contribution >= 4 is 5.97 Å². The number of esters is 1. The number of hydrogen-bond acceptors (Lipinski definition) is 4. The number of nitrogens with zero attached hydrogens (tertiary/aromatic N) is 1. The van der Waals surface area contributed by atoms with Gasteiger partial charge in [-0.05, 0) is 60.0 Å². The number of methoxy groups -OCH3 is 1. The lowest BCUT2D eigenvalue weighted by atomic mass is 9.91. The van der Waals surface area contributed by atoms with Gasteiger partial charge in [-0.1, -0.05) is 6.42 Å². The first-order chi connectivity index (χ1) is 8.89. The Morgan fingerprint density at radius 1 is 1.26 bits per heavy atom. The Balaban J connectivity index is 2.67. The van der Waals surface area contributed by atoms with E-state index >= 15 is 0 Å². The predicted octanol–water partition coefficient (Wildman–Crippen LogP) is 2.18. The van der Waals surface area contributed by atoms with Gasteiger partial charge in [0.25, 0.3) is 0 Å². The molecule has 1 N–H and O–H groups in total. The molecule has 1 heterocycles. The fourth-order valence-corrected chi connectivity index (χ4v) is 3.14. The van der Waals surface area contributed by atoms with Crippen molar-refractivity contribution in [1.82, 2.24) is 10.2 Å². The molecule has 4 heteroatoms. The molecule has 0 saturated carbocycles. The second-order valence-corrected chi connectivity index (χ2v) is 6.27. The fourth-order valence-electron chi connectivity index (χ4n) is 3.14. The van der Waals surface area contributed by atoms with Crippen LogP contribution in [-0.4, -0.2) is 48.7 Å². The fraction of sp³-hybridized carbons (Fsp3) is 0.933. The topological polar surface area (TPSA) is 41.6 Å². The van der Waals surface area contributed by atoms with E-state index in [9.17, 15) is 4.79 Å². The molecule has 1 aliphatic rings.